The Bertz CT molecular complexity index is 1130. The van der Waals surface area contributed by atoms with Crippen LogP contribution in [0.5, 0.6) is 11.5 Å². The Morgan fingerprint density at radius 2 is 1.64 bits per heavy atom. The molecule has 144 valence electrons. The number of hydrogen-bond donors (Lipinski definition) is 0. The van der Waals surface area contributed by atoms with Crippen LogP contribution in [0.1, 0.15) is 10.4 Å². The Morgan fingerprint density at radius 1 is 1.04 bits per heavy atom. The van der Waals surface area contributed by atoms with E-state index < -0.39 is 16.3 Å². The van der Waals surface area contributed by atoms with Crippen molar-refractivity contribution in [2.24, 2.45) is 0 Å². The number of carbonyl (C=O) groups excluding carboxylic acids is 1. The SMILES string of the molecule is COC(=O)c1cn(-c2ccc([N+](=O)[O-])cc2)c2cc(OC)c(OC)cc2c1=O. The van der Waals surface area contributed by atoms with E-state index in [4.69, 9.17) is 14.2 Å². The quantitative estimate of drug-likeness (QED) is 0.378. The zero-order valence-corrected chi connectivity index (χ0v) is 15.3. The Hall–Kier alpha value is -3.88. The Labute approximate surface area is 158 Å². The summed E-state index contributed by atoms with van der Waals surface area (Å²) in [5.74, 6) is -0.0856. The molecule has 2 aromatic carbocycles. The molecule has 1 heterocycles. The van der Waals surface area contributed by atoms with Gasteiger partial charge in [-0.3, -0.25) is 14.9 Å². The van der Waals surface area contributed by atoms with Gasteiger partial charge in [-0.15, -0.1) is 0 Å². The van der Waals surface area contributed by atoms with Gasteiger partial charge in [0.1, 0.15) is 5.56 Å². The minimum absolute atomic E-state index is 0.0819. The van der Waals surface area contributed by atoms with Crippen molar-refractivity contribution >= 4 is 22.6 Å². The highest BCUT2D eigenvalue weighted by atomic mass is 16.6. The first-order chi connectivity index (χ1) is 13.4. The summed E-state index contributed by atoms with van der Waals surface area (Å²) < 4.78 is 16.8. The lowest BCUT2D eigenvalue weighted by Gasteiger charge is -2.15. The third kappa shape index (κ3) is 3.13. The number of nitro benzene ring substituents is 1. The molecule has 0 aliphatic heterocycles. The third-order valence-corrected chi connectivity index (χ3v) is 4.25. The van der Waals surface area contributed by atoms with Gasteiger partial charge in [0.15, 0.2) is 11.5 Å². The molecule has 0 bridgehead atoms. The number of rotatable bonds is 5. The number of pyridine rings is 1. The molecule has 0 N–H and O–H groups in total. The van der Waals surface area contributed by atoms with E-state index in [0.717, 1.165) is 0 Å². The summed E-state index contributed by atoms with van der Waals surface area (Å²) in [5.41, 5.74) is 0.153. The van der Waals surface area contributed by atoms with E-state index in [-0.39, 0.29) is 16.6 Å². The van der Waals surface area contributed by atoms with Gasteiger partial charge >= 0.3 is 5.97 Å². The van der Waals surface area contributed by atoms with E-state index in [1.54, 1.807) is 10.6 Å². The third-order valence-electron chi connectivity index (χ3n) is 4.25. The predicted molar refractivity (Wildman–Crippen MR) is 101 cm³/mol. The van der Waals surface area contributed by atoms with Crippen LogP contribution in [0.2, 0.25) is 0 Å². The van der Waals surface area contributed by atoms with E-state index in [2.05, 4.69) is 0 Å². The molecule has 0 unspecified atom stereocenters. The maximum absolute atomic E-state index is 12.8. The van der Waals surface area contributed by atoms with Crippen LogP contribution < -0.4 is 14.9 Å². The normalized spacial score (nSPS) is 10.5. The molecule has 0 saturated carbocycles. The minimum atomic E-state index is -0.794. The van der Waals surface area contributed by atoms with Crippen LogP contribution in [-0.2, 0) is 4.74 Å². The number of nitro groups is 1. The Kier molecular flexibility index (Phi) is 4.99. The number of non-ortho nitro benzene ring substituents is 1. The van der Waals surface area contributed by atoms with E-state index >= 15 is 0 Å². The number of benzene rings is 2. The fraction of sp³-hybridized carbons (Fsp3) is 0.158. The summed E-state index contributed by atoms with van der Waals surface area (Å²) in [5, 5.41) is 11.1. The van der Waals surface area contributed by atoms with Crippen molar-refractivity contribution in [1.82, 2.24) is 4.57 Å². The van der Waals surface area contributed by atoms with Crippen molar-refractivity contribution in [1.29, 1.82) is 0 Å². The van der Waals surface area contributed by atoms with Gasteiger partial charge in [0, 0.05) is 30.1 Å². The molecule has 0 radical (unpaired) electrons. The monoisotopic (exact) mass is 384 g/mol. The van der Waals surface area contributed by atoms with Crippen molar-refractivity contribution in [2.45, 2.75) is 0 Å². The van der Waals surface area contributed by atoms with Crippen LogP contribution in [0.25, 0.3) is 16.6 Å². The average Bonchev–Trinajstić information content (AvgIpc) is 2.72. The van der Waals surface area contributed by atoms with Crippen LogP contribution >= 0.6 is 0 Å². The van der Waals surface area contributed by atoms with Gasteiger partial charge in [-0.1, -0.05) is 0 Å². The highest BCUT2D eigenvalue weighted by Gasteiger charge is 2.19. The van der Waals surface area contributed by atoms with Crippen LogP contribution in [-0.4, -0.2) is 36.8 Å². The summed E-state index contributed by atoms with van der Waals surface area (Å²) in [7, 11) is 4.07. The maximum atomic E-state index is 12.8. The van der Waals surface area contributed by atoms with Gasteiger partial charge in [0.2, 0.25) is 5.43 Å². The Balaban J connectivity index is 2.39. The van der Waals surface area contributed by atoms with E-state index in [0.29, 0.717) is 22.7 Å². The van der Waals surface area contributed by atoms with Gasteiger partial charge in [-0.2, -0.15) is 0 Å². The lowest BCUT2D eigenvalue weighted by Crippen LogP contribution is -2.19. The molecule has 9 nitrogen and oxygen atoms in total. The summed E-state index contributed by atoms with van der Waals surface area (Å²) >= 11 is 0. The van der Waals surface area contributed by atoms with Crippen LogP contribution in [0.4, 0.5) is 5.69 Å². The molecule has 0 saturated heterocycles. The zero-order valence-electron chi connectivity index (χ0n) is 15.3. The molecule has 9 heteroatoms. The zero-order chi connectivity index (χ0) is 20.4. The van der Waals surface area contributed by atoms with Crippen molar-refractivity contribution in [2.75, 3.05) is 21.3 Å². The first kappa shape index (κ1) is 18.9. The first-order valence-electron chi connectivity index (χ1n) is 8.05. The maximum Gasteiger partial charge on any atom is 0.343 e. The van der Waals surface area contributed by atoms with Gasteiger partial charge < -0.3 is 18.8 Å². The molecule has 28 heavy (non-hydrogen) atoms. The molecule has 0 spiro atoms. The lowest BCUT2D eigenvalue weighted by molar-refractivity contribution is -0.384. The molecule has 0 amide bonds. The fourth-order valence-corrected chi connectivity index (χ4v) is 2.86. The number of nitrogens with zero attached hydrogens (tertiary/aromatic N) is 2. The highest BCUT2D eigenvalue weighted by Crippen LogP contribution is 2.32. The fourth-order valence-electron chi connectivity index (χ4n) is 2.86. The summed E-state index contributed by atoms with van der Waals surface area (Å²) in [6.45, 7) is 0. The van der Waals surface area contributed by atoms with Crippen molar-refractivity contribution in [3.05, 3.63) is 68.5 Å². The Morgan fingerprint density at radius 3 is 2.18 bits per heavy atom. The molecular formula is C19H16N2O7. The van der Waals surface area contributed by atoms with Crippen molar-refractivity contribution < 1.29 is 23.9 Å². The highest BCUT2D eigenvalue weighted by molar-refractivity contribution is 5.95. The van der Waals surface area contributed by atoms with Gasteiger partial charge in [0.05, 0.1) is 37.2 Å². The number of aromatic nitrogens is 1. The van der Waals surface area contributed by atoms with E-state index in [1.807, 2.05) is 0 Å². The predicted octanol–water partition coefficient (Wildman–Crippen LogP) is 2.70. The summed E-state index contributed by atoms with van der Waals surface area (Å²) in [6.07, 6.45) is 1.34. The first-order valence-corrected chi connectivity index (χ1v) is 8.05. The second-order valence-electron chi connectivity index (χ2n) is 5.73. The molecule has 0 fully saturated rings. The van der Waals surface area contributed by atoms with Crippen LogP contribution in [0.3, 0.4) is 0 Å². The largest absolute Gasteiger partial charge is 0.493 e. The second kappa shape index (κ2) is 7.39. The van der Waals surface area contributed by atoms with Crippen molar-refractivity contribution in [3.8, 4) is 17.2 Å². The molecule has 0 aliphatic carbocycles. The molecule has 3 rings (SSSR count). The number of methoxy groups -OCH3 is 3. The van der Waals surface area contributed by atoms with E-state index in [1.165, 1.54) is 57.9 Å². The van der Waals surface area contributed by atoms with Gasteiger partial charge in [-0.05, 0) is 18.2 Å². The molecule has 0 aliphatic rings. The lowest BCUT2D eigenvalue weighted by atomic mass is 10.1. The van der Waals surface area contributed by atoms with E-state index in [9.17, 15) is 19.7 Å². The molecule has 0 atom stereocenters. The summed E-state index contributed by atoms with van der Waals surface area (Å²) in [4.78, 5) is 35.3. The number of esters is 1. The molecule has 3 aromatic rings. The minimum Gasteiger partial charge on any atom is -0.493 e. The number of ether oxygens (including phenoxy) is 3. The van der Waals surface area contributed by atoms with Gasteiger partial charge in [0.25, 0.3) is 5.69 Å². The smallest absolute Gasteiger partial charge is 0.343 e. The topological polar surface area (TPSA) is 110 Å². The molecule has 1 aromatic heterocycles. The average molecular weight is 384 g/mol. The van der Waals surface area contributed by atoms with Gasteiger partial charge in [-0.25, -0.2) is 4.79 Å². The van der Waals surface area contributed by atoms with Crippen LogP contribution in [0.15, 0.2) is 47.4 Å². The second-order valence-corrected chi connectivity index (χ2v) is 5.73. The summed E-state index contributed by atoms with van der Waals surface area (Å²) in [6, 6.07) is 8.76. The number of hydrogen-bond acceptors (Lipinski definition) is 7. The molecular weight excluding hydrogens is 368 g/mol. The van der Waals surface area contributed by atoms with Crippen molar-refractivity contribution in [3.63, 3.8) is 0 Å². The van der Waals surface area contributed by atoms with Crippen LogP contribution in [0, 0.1) is 10.1 Å². The number of fused-ring (bicyclic) bond motifs is 1. The standard InChI is InChI=1S/C19H16N2O7/c1-26-16-8-13-15(9-17(16)27-2)20(10-14(18(13)22)19(23)28-3)11-4-6-12(7-5-11)21(24)25/h4-10H,1-3H3. The number of carbonyl (C=O) groups is 1.